The number of carbonyl (C=O) groups excluding carboxylic acids is 1. The number of nitrogens with one attached hydrogen (secondary N) is 1. The van der Waals surface area contributed by atoms with Crippen molar-refractivity contribution in [1.82, 2.24) is 10.3 Å². The van der Waals surface area contributed by atoms with Crippen LogP contribution in [0.3, 0.4) is 0 Å². The van der Waals surface area contributed by atoms with Crippen molar-refractivity contribution in [2.45, 2.75) is 25.8 Å². The summed E-state index contributed by atoms with van der Waals surface area (Å²) in [6.45, 7) is 4.36. The fourth-order valence-corrected chi connectivity index (χ4v) is 4.09. The molecule has 1 amide bonds. The molecule has 6 heteroatoms. The lowest BCUT2D eigenvalue weighted by molar-refractivity contribution is -0.132. The van der Waals surface area contributed by atoms with Crippen molar-refractivity contribution >= 4 is 22.4 Å². The molecule has 0 spiro atoms. The maximum Gasteiger partial charge on any atom is 0.257 e. The number of hydrogen-bond acceptors (Lipinski definition) is 5. The van der Waals surface area contributed by atoms with Gasteiger partial charge in [0, 0.05) is 19.6 Å². The second kappa shape index (κ2) is 11.1. The normalized spacial score (nSPS) is 15.6. The number of carbonyl (C=O) groups is 1. The van der Waals surface area contributed by atoms with Crippen LogP contribution in [0.4, 0.5) is 0 Å². The summed E-state index contributed by atoms with van der Waals surface area (Å²) in [5, 5.41) is 12.0. The van der Waals surface area contributed by atoms with Gasteiger partial charge in [0.2, 0.25) is 0 Å². The average molecular weight is 446 g/mol. The zero-order chi connectivity index (χ0) is 23.0. The molecule has 6 nitrogen and oxygen atoms in total. The van der Waals surface area contributed by atoms with Crippen LogP contribution in [0.25, 0.3) is 10.8 Å². The van der Waals surface area contributed by atoms with E-state index in [1.165, 1.54) is 10.8 Å². The summed E-state index contributed by atoms with van der Waals surface area (Å²) in [5.74, 6) is 0.754. The molecule has 1 aliphatic heterocycles. The van der Waals surface area contributed by atoms with Crippen LogP contribution >= 0.6 is 0 Å². The fraction of sp³-hybridized carbons (Fsp3) is 0.333. The molecule has 172 valence electrons. The number of amides is 1. The van der Waals surface area contributed by atoms with E-state index in [0.717, 1.165) is 35.6 Å². The van der Waals surface area contributed by atoms with E-state index in [-0.39, 0.29) is 18.5 Å². The van der Waals surface area contributed by atoms with E-state index in [4.69, 9.17) is 14.6 Å². The summed E-state index contributed by atoms with van der Waals surface area (Å²) < 4.78 is 10.7. The van der Waals surface area contributed by atoms with E-state index >= 15 is 0 Å². The molecule has 0 aliphatic carbocycles. The first kappa shape index (κ1) is 23.0. The SMILES string of the molecule is CCOCCCNCC(=O)N1N=C(c2ccc3ccccc3c2)C[C@H]1c1ccc(OC)cc1. The molecule has 3 aromatic rings. The predicted molar refractivity (Wildman–Crippen MR) is 132 cm³/mol. The van der Waals surface area contributed by atoms with Gasteiger partial charge in [-0.1, -0.05) is 48.5 Å². The standard InChI is InChI=1S/C27H31N3O3/c1-3-33-16-6-15-28-19-27(31)30-26(21-11-13-24(32-2)14-12-21)18-25(29-30)23-10-9-20-7-4-5-8-22(20)17-23/h4-5,7-14,17,26,28H,3,6,15-16,18-19H2,1-2H3/t26-/m0/s1. The minimum atomic E-state index is -0.143. The van der Waals surface area contributed by atoms with E-state index in [9.17, 15) is 4.79 Å². The molecular weight excluding hydrogens is 414 g/mol. The highest BCUT2D eigenvalue weighted by Gasteiger charge is 2.32. The van der Waals surface area contributed by atoms with Gasteiger partial charge in [-0.3, -0.25) is 4.79 Å². The fourth-order valence-electron chi connectivity index (χ4n) is 4.09. The Bertz CT molecular complexity index is 1110. The number of fused-ring (bicyclic) bond motifs is 1. The molecule has 0 saturated carbocycles. The lowest BCUT2D eigenvalue weighted by Gasteiger charge is -2.22. The van der Waals surface area contributed by atoms with Gasteiger partial charge in [-0.05, 0) is 60.0 Å². The van der Waals surface area contributed by atoms with Crippen LogP contribution in [0.1, 0.15) is 36.9 Å². The molecule has 1 heterocycles. The molecule has 1 aliphatic rings. The number of benzene rings is 3. The first-order valence-electron chi connectivity index (χ1n) is 11.5. The number of rotatable bonds is 10. The Morgan fingerprint density at radius 1 is 1.09 bits per heavy atom. The summed E-state index contributed by atoms with van der Waals surface area (Å²) in [4.78, 5) is 13.1. The lowest BCUT2D eigenvalue weighted by atomic mass is 9.97. The quantitative estimate of drug-likeness (QED) is 0.465. The second-order valence-electron chi connectivity index (χ2n) is 8.07. The number of ether oxygens (including phenoxy) is 2. The van der Waals surface area contributed by atoms with Gasteiger partial charge in [0.15, 0.2) is 0 Å². The van der Waals surface area contributed by atoms with E-state index in [2.05, 4.69) is 35.6 Å². The highest BCUT2D eigenvalue weighted by Crippen LogP contribution is 2.34. The molecule has 4 rings (SSSR count). The van der Waals surface area contributed by atoms with Crippen molar-refractivity contribution in [3.05, 3.63) is 77.9 Å². The molecule has 33 heavy (non-hydrogen) atoms. The molecule has 0 fully saturated rings. The minimum absolute atomic E-state index is 0.0389. The van der Waals surface area contributed by atoms with Gasteiger partial charge in [-0.2, -0.15) is 5.10 Å². The number of hydrogen-bond donors (Lipinski definition) is 1. The van der Waals surface area contributed by atoms with Crippen LogP contribution in [0, 0.1) is 0 Å². The zero-order valence-corrected chi connectivity index (χ0v) is 19.3. The lowest BCUT2D eigenvalue weighted by Crippen LogP contribution is -2.36. The Morgan fingerprint density at radius 3 is 2.64 bits per heavy atom. The topological polar surface area (TPSA) is 63.2 Å². The number of hydrazone groups is 1. The van der Waals surface area contributed by atoms with Gasteiger partial charge in [0.05, 0.1) is 25.4 Å². The van der Waals surface area contributed by atoms with E-state index in [1.54, 1.807) is 12.1 Å². The van der Waals surface area contributed by atoms with Crippen LogP contribution in [0.5, 0.6) is 5.75 Å². The Kier molecular flexibility index (Phi) is 7.70. The average Bonchev–Trinajstić information content (AvgIpc) is 3.31. The Hall–Kier alpha value is -3.22. The Labute approximate surface area is 195 Å². The van der Waals surface area contributed by atoms with Gasteiger partial charge < -0.3 is 14.8 Å². The summed E-state index contributed by atoms with van der Waals surface area (Å²) in [7, 11) is 1.65. The van der Waals surface area contributed by atoms with E-state index < -0.39 is 0 Å². The molecule has 3 aromatic carbocycles. The third-order valence-corrected chi connectivity index (χ3v) is 5.87. The maximum atomic E-state index is 13.1. The molecule has 0 aromatic heterocycles. The van der Waals surface area contributed by atoms with Crippen molar-refractivity contribution in [1.29, 1.82) is 0 Å². The third kappa shape index (κ3) is 5.59. The summed E-state index contributed by atoms with van der Waals surface area (Å²) in [5.41, 5.74) is 3.01. The Morgan fingerprint density at radius 2 is 1.88 bits per heavy atom. The van der Waals surface area contributed by atoms with Crippen LogP contribution in [0.15, 0.2) is 71.8 Å². The van der Waals surface area contributed by atoms with E-state index in [0.29, 0.717) is 19.6 Å². The Balaban J connectivity index is 1.54. The van der Waals surface area contributed by atoms with Gasteiger partial charge in [-0.15, -0.1) is 0 Å². The van der Waals surface area contributed by atoms with Crippen molar-refractivity contribution in [3.8, 4) is 5.75 Å². The highest BCUT2D eigenvalue weighted by atomic mass is 16.5. The summed E-state index contributed by atoms with van der Waals surface area (Å²) >= 11 is 0. The van der Waals surface area contributed by atoms with Crippen LogP contribution in [-0.4, -0.2) is 50.0 Å². The van der Waals surface area contributed by atoms with Gasteiger partial charge in [0.1, 0.15) is 5.75 Å². The molecular formula is C27H31N3O3. The van der Waals surface area contributed by atoms with Crippen LogP contribution in [-0.2, 0) is 9.53 Å². The molecule has 0 radical (unpaired) electrons. The first-order valence-corrected chi connectivity index (χ1v) is 11.5. The molecule has 0 unspecified atom stereocenters. The molecule has 0 bridgehead atoms. The van der Waals surface area contributed by atoms with Gasteiger partial charge in [0.25, 0.3) is 5.91 Å². The zero-order valence-electron chi connectivity index (χ0n) is 19.3. The number of nitrogens with zero attached hydrogens (tertiary/aromatic N) is 2. The highest BCUT2D eigenvalue weighted by molar-refractivity contribution is 6.05. The second-order valence-corrected chi connectivity index (χ2v) is 8.07. The third-order valence-electron chi connectivity index (χ3n) is 5.87. The minimum Gasteiger partial charge on any atom is -0.497 e. The van der Waals surface area contributed by atoms with Crippen molar-refractivity contribution in [3.63, 3.8) is 0 Å². The van der Waals surface area contributed by atoms with Crippen LogP contribution < -0.4 is 10.1 Å². The van der Waals surface area contributed by atoms with Crippen molar-refractivity contribution in [2.75, 3.05) is 33.4 Å². The van der Waals surface area contributed by atoms with Gasteiger partial charge >= 0.3 is 0 Å². The molecule has 0 saturated heterocycles. The summed E-state index contributed by atoms with van der Waals surface area (Å²) in [6.07, 6.45) is 1.54. The smallest absolute Gasteiger partial charge is 0.257 e. The predicted octanol–water partition coefficient (Wildman–Crippen LogP) is 4.54. The molecule has 1 N–H and O–H groups in total. The monoisotopic (exact) mass is 445 g/mol. The summed E-state index contributed by atoms with van der Waals surface area (Å²) in [6, 6.07) is 22.4. The van der Waals surface area contributed by atoms with Crippen molar-refractivity contribution in [2.24, 2.45) is 5.10 Å². The largest absolute Gasteiger partial charge is 0.497 e. The van der Waals surface area contributed by atoms with Crippen LogP contribution in [0.2, 0.25) is 0 Å². The maximum absolute atomic E-state index is 13.1. The number of methoxy groups -OCH3 is 1. The first-order chi connectivity index (χ1) is 16.2. The van der Waals surface area contributed by atoms with Crippen molar-refractivity contribution < 1.29 is 14.3 Å². The van der Waals surface area contributed by atoms with E-state index in [1.807, 2.05) is 43.3 Å². The molecule has 1 atom stereocenters. The van der Waals surface area contributed by atoms with Gasteiger partial charge in [-0.25, -0.2) is 5.01 Å².